The third-order valence-electron chi connectivity index (χ3n) is 8.96. The van der Waals surface area contributed by atoms with Gasteiger partial charge in [0.05, 0.1) is 0 Å². The van der Waals surface area contributed by atoms with Gasteiger partial charge in [0.1, 0.15) is 0 Å². The zero-order valence-corrected chi connectivity index (χ0v) is 30.3. The number of rotatable bonds is 6. The second-order valence-corrected chi connectivity index (χ2v) is 25.0. The molecule has 4 heteroatoms. The van der Waals surface area contributed by atoms with Crippen molar-refractivity contribution in [3.8, 4) is 0 Å². The molecule has 0 atom stereocenters. The van der Waals surface area contributed by atoms with E-state index in [9.17, 15) is 0 Å². The van der Waals surface area contributed by atoms with Crippen molar-refractivity contribution in [2.45, 2.75) is 12.8 Å². The van der Waals surface area contributed by atoms with Gasteiger partial charge in [-0.2, -0.15) is 0 Å². The van der Waals surface area contributed by atoms with E-state index in [0.717, 1.165) is 12.8 Å². The van der Waals surface area contributed by atoms with Crippen molar-refractivity contribution in [1.29, 1.82) is 0 Å². The Morgan fingerprint density at radius 1 is 0.413 bits per heavy atom. The molecule has 2 aliphatic carbocycles. The van der Waals surface area contributed by atoms with Crippen LogP contribution >= 0.6 is 0 Å². The molecule has 0 radical (unpaired) electrons. The second kappa shape index (κ2) is 14.5. The molecule has 0 N–H and O–H groups in total. The van der Waals surface area contributed by atoms with Gasteiger partial charge < -0.3 is 24.8 Å². The van der Waals surface area contributed by atoms with Crippen LogP contribution in [0.3, 0.4) is 0 Å². The SMILES string of the molecule is C1=CC(c2ccc3ccccc3c2)=[C]([Zr+2]([C]2=C(c3ccc4ccccc4c3)C=CC2)=[Si](c2ccccc2)c2ccccc2)C1.[Cl-].[Cl-]. The Morgan fingerprint density at radius 2 is 0.804 bits per heavy atom. The van der Waals surface area contributed by atoms with Gasteiger partial charge in [-0.3, -0.25) is 0 Å². The molecule has 8 rings (SSSR count). The number of halogens is 2. The molecule has 0 nitrogen and oxygen atoms in total. The summed E-state index contributed by atoms with van der Waals surface area (Å²) >= 11 is -2.60. The standard InChI is InChI=1S/2C15H11.C12H10Si.2ClH.Zr/c2*1-2-6-12(5-1)15-10-9-13-7-3-4-8-14(13)11-15;1-3-7-11(8-4-1)13-12-9-5-2-6-10-12;;;/h2*1,3-5,7-11H,2H2;1-10H;2*1H;/q;;;;;+2/p-2. The Kier molecular flexibility index (Phi) is 10.2. The van der Waals surface area contributed by atoms with Gasteiger partial charge in [-0.1, -0.05) is 0 Å². The molecule has 0 aromatic heterocycles. The number of fused-ring (bicyclic) bond motifs is 2. The summed E-state index contributed by atoms with van der Waals surface area (Å²) in [4.78, 5) is 0. The molecule has 0 spiro atoms. The van der Waals surface area contributed by atoms with E-state index in [1.807, 2.05) is 0 Å². The fourth-order valence-electron chi connectivity index (χ4n) is 6.89. The van der Waals surface area contributed by atoms with E-state index in [1.54, 1.807) is 16.9 Å². The van der Waals surface area contributed by atoms with Gasteiger partial charge in [-0.15, -0.1) is 0 Å². The van der Waals surface area contributed by atoms with Crippen molar-refractivity contribution in [2.24, 2.45) is 0 Å². The normalized spacial score (nSPS) is 13.5. The van der Waals surface area contributed by atoms with Crippen molar-refractivity contribution in [2.75, 3.05) is 0 Å². The first-order valence-electron chi connectivity index (χ1n) is 15.5. The Bertz CT molecular complexity index is 2050. The first-order valence-corrected chi connectivity index (χ1v) is 23.1. The van der Waals surface area contributed by atoms with Crippen LogP contribution in [0, 0.1) is 0 Å². The van der Waals surface area contributed by atoms with Crippen molar-refractivity contribution >= 4 is 48.5 Å². The van der Waals surface area contributed by atoms with Gasteiger partial charge in [-0.05, 0) is 0 Å². The molecule has 2 aliphatic rings. The molecular weight excluding hydrogens is 695 g/mol. The van der Waals surface area contributed by atoms with E-state index < -0.39 is 25.8 Å². The van der Waals surface area contributed by atoms with E-state index in [1.165, 1.54) is 43.8 Å². The van der Waals surface area contributed by atoms with Crippen LogP contribution in [0.1, 0.15) is 24.0 Å². The summed E-state index contributed by atoms with van der Waals surface area (Å²) in [5.74, 6) is 0. The van der Waals surface area contributed by atoms with E-state index >= 15 is 0 Å². The maximum absolute atomic E-state index is 2.60. The average Bonchev–Trinajstić information content (AvgIpc) is 3.78. The molecule has 6 aromatic rings. The predicted molar refractivity (Wildman–Crippen MR) is 187 cm³/mol. The van der Waals surface area contributed by atoms with Crippen LogP contribution in [0.15, 0.2) is 176 Å². The van der Waals surface area contributed by atoms with Gasteiger partial charge >= 0.3 is 269 Å². The molecule has 0 bridgehead atoms. The fraction of sp³-hybridized carbons (Fsp3) is 0.0476. The molecule has 0 saturated carbocycles. The molecule has 0 fully saturated rings. The Morgan fingerprint density at radius 3 is 1.24 bits per heavy atom. The van der Waals surface area contributed by atoms with Crippen LogP contribution in [0.4, 0.5) is 0 Å². The smallest absolute Gasteiger partial charge is 1.00 e. The summed E-state index contributed by atoms with van der Waals surface area (Å²) in [6.07, 6.45) is 11.9. The van der Waals surface area contributed by atoms with E-state index in [2.05, 4.69) is 170 Å². The van der Waals surface area contributed by atoms with E-state index in [4.69, 9.17) is 0 Å². The van der Waals surface area contributed by atoms with E-state index in [-0.39, 0.29) is 24.8 Å². The van der Waals surface area contributed by atoms with Crippen LogP contribution in [0.25, 0.3) is 32.7 Å². The molecule has 0 heterocycles. The summed E-state index contributed by atoms with van der Waals surface area (Å²) in [7, 11) is 0. The third-order valence-corrected chi connectivity index (χ3v) is 28.1. The minimum Gasteiger partial charge on any atom is -1.00 e. The Hall–Kier alpha value is -3.52. The van der Waals surface area contributed by atoms with Crippen molar-refractivity contribution < 1.29 is 45.2 Å². The summed E-state index contributed by atoms with van der Waals surface area (Å²) in [6.45, 7) is 0. The van der Waals surface area contributed by atoms with Gasteiger partial charge in [0, 0.05) is 0 Å². The summed E-state index contributed by atoms with van der Waals surface area (Å²) in [5, 5.41) is 8.34. The van der Waals surface area contributed by atoms with Crippen molar-refractivity contribution in [3.05, 3.63) is 188 Å². The van der Waals surface area contributed by atoms with Crippen molar-refractivity contribution in [1.82, 2.24) is 0 Å². The summed E-state index contributed by atoms with van der Waals surface area (Å²) in [5.41, 5.74) is 4.63. The molecule has 6 aromatic carbocycles. The van der Waals surface area contributed by atoms with Crippen LogP contribution in [-0.2, 0) is 20.4 Å². The van der Waals surface area contributed by atoms with Crippen LogP contribution in [0.2, 0.25) is 0 Å². The van der Waals surface area contributed by atoms with Crippen LogP contribution in [0.5, 0.6) is 0 Å². The topological polar surface area (TPSA) is 0 Å². The maximum atomic E-state index is 2.44. The quantitative estimate of drug-likeness (QED) is 0.231. The molecule has 0 unspecified atom stereocenters. The first-order chi connectivity index (χ1) is 21.8. The number of allylic oxidation sites excluding steroid dienone is 8. The third kappa shape index (κ3) is 6.25. The summed E-state index contributed by atoms with van der Waals surface area (Å²) in [6, 6.07) is 54.7. The molecule has 0 amide bonds. The molecule has 0 saturated heterocycles. The van der Waals surface area contributed by atoms with Crippen LogP contribution in [-0.4, -0.2) is 5.43 Å². The van der Waals surface area contributed by atoms with Crippen LogP contribution < -0.4 is 35.2 Å². The first kappa shape index (κ1) is 32.4. The molecule has 222 valence electrons. The largest absolute Gasteiger partial charge is 1.00 e. The van der Waals surface area contributed by atoms with E-state index in [0.29, 0.717) is 0 Å². The minimum atomic E-state index is -2.60. The van der Waals surface area contributed by atoms with Crippen molar-refractivity contribution in [3.63, 3.8) is 0 Å². The monoisotopic (exact) mass is 724 g/mol. The molecule has 0 aliphatic heterocycles. The number of hydrogen-bond acceptors (Lipinski definition) is 0. The number of benzene rings is 6. The second-order valence-electron chi connectivity index (χ2n) is 11.6. The summed E-state index contributed by atoms with van der Waals surface area (Å²) < 4.78 is 3.50. The fourth-order valence-corrected chi connectivity index (χ4v) is 28.3. The molecular formula is C42H32Cl2SiZr. The van der Waals surface area contributed by atoms with Gasteiger partial charge in [0.25, 0.3) is 0 Å². The average molecular weight is 727 g/mol. The van der Waals surface area contributed by atoms with Gasteiger partial charge in [0.2, 0.25) is 0 Å². The zero-order valence-electron chi connectivity index (χ0n) is 25.3. The Labute approximate surface area is 291 Å². The Balaban J connectivity index is 0.00000186. The number of hydrogen-bond donors (Lipinski definition) is 0. The zero-order chi connectivity index (χ0) is 29.3. The minimum absolute atomic E-state index is 0. The molecule has 46 heavy (non-hydrogen) atoms. The maximum Gasteiger partial charge on any atom is -1.00 e. The van der Waals surface area contributed by atoms with Gasteiger partial charge in [-0.25, -0.2) is 0 Å². The predicted octanol–water partition coefficient (Wildman–Crippen LogP) is 3.47. The van der Waals surface area contributed by atoms with Gasteiger partial charge in [0.15, 0.2) is 0 Å².